The van der Waals surface area contributed by atoms with Crippen molar-refractivity contribution in [3.8, 4) is 11.1 Å². The Morgan fingerprint density at radius 2 is 1.67 bits per heavy atom. The van der Waals surface area contributed by atoms with E-state index in [1.165, 1.54) is 24.3 Å². The van der Waals surface area contributed by atoms with Gasteiger partial charge in [0.05, 0.1) is 27.6 Å². The Kier molecular flexibility index (Phi) is 7.80. The molecule has 1 heterocycles. The van der Waals surface area contributed by atoms with E-state index in [1.807, 2.05) is 43.5 Å². The maximum Gasteiger partial charge on any atom is 0.297 e. The first-order chi connectivity index (χ1) is 18.6. The molecule has 5 nitrogen and oxygen atoms in total. The number of para-hydroxylation sites is 1. The van der Waals surface area contributed by atoms with Crippen LogP contribution in [-0.4, -0.2) is 30.8 Å². The molecule has 1 aromatic heterocycles. The summed E-state index contributed by atoms with van der Waals surface area (Å²) in [6, 6.07) is 24.0. The summed E-state index contributed by atoms with van der Waals surface area (Å²) < 4.78 is 47.1. The predicted molar refractivity (Wildman–Crippen MR) is 152 cm³/mol. The van der Waals surface area contributed by atoms with E-state index < -0.39 is 34.7 Å². The molecule has 0 aliphatic heterocycles. The summed E-state index contributed by atoms with van der Waals surface area (Å²) in [6.07, 6.45) is 0.474. The smallest absolute Gasteiger partial charge is 0.297 e. The van der Waals surface area contributed by atoms with Gasteiger partial charge >= 0.3 is 0 Å². The van der Waals surface area contributed by atoms with Gasteiger partial charge < -0.3 is 9.67 Å². The Morgan fingerprint density at radius 1 is 0.923 bits per heavy atom. The second-order valence-corrected chi connectivity index (χ2v) is 11.6. The van der Waals surface area contributed by atoms with Crippen molar-refractivity contribution in [1.82, 2.24) is 4.57 Å². The summed E-state index contributed by atoms with van der Waals surface area (Å²) in [5.74, 6) is -0.487. The van der Waals surface area contributed by atoms with Crippen molar-refractivity contribution in [2.24, 2.45) is 0 Å². The first kappa shape index (κ1) is 27.4. The van der Waals surface area contributed by atoms with E-state index in [1.54, 1.807) is 41.0 Å². The third kappa shape index (κ3) is 5.73. The van der Waals surface area contributed by atoms with E-state index in [2.05, 4.69) is 0 Å². The fourth-order valence-electron chi connectivity index (χ4n) is 4.61. The van der Waals surface area contributed by atoms with Crippen LogP contribution in [0.5, 0.6) is 0 Å². The highest BCUT2D eigenvalue weighted by Crippen LogP contribution is 2.38. The van der Waals surface area contributed by atoms with Gasteiger partial charge in [-0.3, -0.25) is 4.18 Å². The van der Waals surface area contributed by atoms with Gasteiger partial charge in [-0.2, -0.15) is 8.42 Å². The highest BCUT2D eigenvalue weighted by Gasteiger charge is 2.28. The average molecular weight is 584 g/mol. The Labute approximate surface area is 236 Å². The molecule has 1 N–H and O–H groups in total. The minimum atomic E-state index is -4.14. The van der Waals surface area contributed by atoms with Gasteiger partial charge in [-0.1, -0.05) is 77.3 Å². The van der Waals surface area contributed by atoms with Crippen molar-refractivity contribution in [2.45, 2.75) is 24.0 Å². The van der Waals surface area contributed by atoms with Crippen LogP contribution in [0, 0.1) is 12.7 Å². The number of aliphatic hydroxyl groups excluding tert-OH is 1. The zero-order valence-electron chi connectivity index (χ0n) is 20.8. The number of hydrogen-bond acceptors (Lipinski definition) is 4. The molecule has 0 fully saturated rings. The largest absolute Gasteiger partial charge is 0.388 e. The predicted octanol–water partition coefficient (Wildman–Crippen LogP) is 7.42. The molecular weight excluding hydrogens is 560 g/mol. The second-order valence-electron chi connectivity index (χ2n) is 9.21. The van der Waals surface area contributed by atoms with Crippen molar-refractivity contribution in [2.75, 3.05) is 6.61 Å². The molecule has 0 aliphatic rings. The molecule has 0 spiro atoms. The van der Waals surface area contributed by atoms with Gasteiger partial charge in [-0.05, 0) is 60.5 Å². The monoisotopic (exact) mass is 583 g/mol. The zero-order valence-corrected chi connectivity index (χ0v) is 23.1. The van der Waals surface area contributed by atoms with Crippen molar-refractivity contribution >= 4 is 44.2 Å². The number of aliphatic hydroxyl groups is 1. The van der Waals surface area contributed by atoms with Crippen molar-refractivity contribution < 1.29 is 22.1 Å². The number of hydrogen-bond donors (Lipinski definition) is 1. The van der Waals surface area contributed by atoms with Crippen LogP contribution < -0.4 is 0 Å². The fraction of sp³-hybridized carbons (Fsp3) is 0.133. The maximum atomic E-state index is 14.4. The lowest BCUT2D eigenvalue weighted by atomic mass is 10.0. The van der Waals surface area contributed by atoms with Gasteiger partial charge in [-0.25, -0.2) is 4.39 Å². The lowest BCUT2D eigenvalue weighted by molar-refractivity contribution is 0.0784. The van der Waals surface area contributed by atoms with Gasteiger partial charge in [-0.15, -0.1) is 0 Å². The standard InChI is InChI=1S/C30H24Cl2FNO4S/c1-19-9-12-23(13-10-19)39(36,37)38-18-29(35)30(21-5-4-6-22(33)15-21)34-17-25(24-7-2-3-8-28(24)34)20-11-14-26(31)27(32)16-20/h2-17,29-30,35H,18H2,1H3/t29-,30+/m1/s1. The number of aromatic nitrogens is 1. The van der Waals surface area contributed by atoms with Crippen LogP contribution >= 0.6 is 23.2 Å². The average Bonchev–Trinajstić information content (AvgIpc) is 3.29. The molecule has 2 atom stereocenters. The SMILES string of the molecule is Cc1ccc(S(=O)(=O)OC[C@@H](O)[C@H](c2cccc(F)c2)n2cc(-c3ccc(Cl)c(Cl)c3)c3ccccc32)cc1. The number of halogens is 3. The minimum Gasteiger partial charge on any atom is -0.388 e. The first-order valence-corrected chi connectivity index (χ1v) is 14.2. The highest BCUT2D eigenvalue weighted by atomic mass is 35.5. The first-order valence-electron chi connectivity index (χ1n) is 12.1. The number of fused-ring (bicyclic) bond motifs is 1. The van der Waals surface area contributed by atoms with E-state index in [-0.39, 0.29) is 4.90 Å². The normalized spacial score (nSPS) is 13.5. The molecule has 0 saturated heterocycles. The van der Waals surface area contributed by atoms with Gasteiger partial charge in [0, 0.05) is 22.7 Å². The minimum absolute atomic E-state index is 0.0177. The van der Waals surface area contributed by atoms with Crippen LogP contribution in [-0.2, 0) is 14.3 Å². The summed E-state index contributed by atoms with van der Waals surface area (Å²) >= 11 is 12.4. The van der Waals surface area contributed by atoms with E-state index in [0.29, 0.717) is 15.6 Å². The van der Waals surface area contributed by atoms with Crippen molar-refractivity contribution in [3.05, 3.63) is 124 Å². The third-order valence-corrected chi connectivity index (χ3v) is 8.56. The van der Waals surface area contributed by atoms with Crippen LogP contribution in [0.3, 0.4) is 0 Å². The van der Waals surface area contributed by atoms with Crippen LogP contribution in [0.2, 0.25) is 10.0 Å². The summed E-state index contributed by atoms with van der Waals surface area (Å²) in [5.41, 5.74) is 3.70. The summed E-state index contributed by atoms with van der Waals surface area (Å²) in [5, 5.41) is 13.1. The number of nitrogens with zero attached hydrogens (tertiary/aromatic N) is 1. The number of aryl methyl sites for hydroxylation is 1. The van der Waals surface area contributed by atoms with E-state index in [9.17, 15) is 17.9 Å². The lowest BCUT2D eigenvalue weighted by Gasteiger charge is -2.26. The molecule has 0 radical (unpaired) electrons. The molecular formula is C30H24Cl2FNO4S. The second kappa shape index (κ2) is 11.1. The topological polar surface area (TPSA) is 68.5 Å². The molecule has 5 rings (SSSR count). The molecule has 4 aromatic carbocycles. The van der Waals surface area contributed by atoms with Crippen molar-refractivity contribution in [1.29, 1.82) is 0 Å². The third-order valence-electron chi connectivity index (χ3n) is 6.53. The Balaban J connectivity index is 1.58. The molecule has 9 heteroatoms. The van der Waals surface area contributed by atoms with Crippen LogP contribution in [0.15, 0.2) is 102 Å². The number of benzene rings is 4. The Hall–Kier alpha value is -3.20. The Bertz CT molecular complexity index is 1750. The molecule has 39 heavy (non-hydrogen) atoms. The van der Waals surface area contributed by atoms with E-state index in [0.717, 1.165) is 27.6 Å². The van der Waals surface area contributed by atoms with Gasteiger partial charge in [0.2, 0.25) is 0 Å². The molecule has 0 amide bonds. The molecule has 0 aliphatic carbocycles. The molecule has 200 valence electrons. The summed E-state index contributed by atoms with van der Waals surface area (Å²) in [4.78, 5) is -0.0177. The summed E-state index contributed by atoms with van der Waals surface area (Å²) in [7, 11) is -4.14. The Morgan fingerprint density at radius 3 is 2.38 bits per heavy atom. The fourth-order valence-corrected chi connectivity index (χ4v) is 5.83. The van der Waals surface area contributed by atoms with E-state index in [4.69, 9.17) is 27.4 Å². The van der Waals surface area contributed by atoms with Crippen LogP contribution in [0.1, 0.15) is 17.2 Å². The molecule has 5 aromatic rings. The zero-order chi connectivity index (χ0) is 27.7. The lowest BCUT2D eigenvalue weighted by Crippen LogP contribution is -2.30. The molecule has 0 unspecified atom stereocenters. The van der Waals surface area contributed by atoms with Gasteiger partial charge in [0.1, 0.15) is 11.9 Å². The summed E-state index contributed by atoms with van der Waals surface area (Å²) in [6.45, 7) is 1.30. The maximum absolute atomic E-state index is 14.4. The van der Waals surface area contributed by atoms with Gasteiger partial charge in [0.25, 0.3) is 10.1 Å². The van der Waals surface area contributed by atoms with Crippen molar-refractivity contribution in [3.63, 3.8) is 0 Å². The highest BCUT2D eigenvalue weighted by molar-refractivity contribution is 7.86. The van der Waals surface area contributed by atoms with Gasteiger partial charge in [0.15, 0.2) is 0 Å². The molecule has 0 bridgehead atoms. The van der Waals surface area contributed by atoms with Crippen LogP contribution in [0.25, 0.3) is 22.0 Å². The van der Waals surface area contributed by atoms with E-state index >= 15 is 0 Å². The quantitative estimate of drug-likeness (QED) is 0.193. The number of rotatable bonds is 8. The molecule has 0 saturated carbocycles. The van der Waals surface area contributed by atoms with Crippen LogP contribution in [0.4, 0.5) is 4.39 Å².